The third-order valence-corrected chi connectivity index (χ3v) is 12.6. The van der Waals surface area contributed by atoms with E-state index in [9.17, 15) is 0 Å². The van der Waals surface area contributed by atoms with Crippen LogP contribution in [-0.4, -0.2) is 41.4 Å². The summed E-state index contributed by atoms with van der Waals surface area (Å²) < 4.78 is 5.22. The van der Waals surface area contributed by atoms with Gasteiger partial charge in [-0.1, -0.05) is 102 Å². The van der Waals surface area contributed by atoms with Gasteiger partial charge >= 0.3 is 0 Å². The molecule has 8 heteroatoms. The molecule has 9 rings (SSSR count). The van der Waals surface area contributed by atoms with Gasteiger partial charge in [0.15, 0.2) is 5.82 Å². The van der Waals surface area contributed by atoms with Crippen LogP contribution in [0.3, 0.4) is 0 Å². The maximum absolute atomic E-state index is 5.36. The molecule has 0 aliphatic heterocycles. The summed E-state index contributed by atoms with van der Waals surface area (Å²) in [6.45, 7) is 0. The van der Waals surface area contributed by atoms with Crippen LogP contribution in [0.1, 0.15) is 0 Å². The molecule has 0 aliphatic rings. The fourth-order valence-electron chi connectivity index (χ4n) is 7.17. The van der Waals surface area contributed by atoms with Gasteiger partial charge in [0.05, 0.1) is 11.4 Å². The zero-order chi connectivity index (χ0) is 32.5. The highest BCUT2D eigenvalue weighted by Gasteiger charge is 2.19. The largest absolute Gasteiger partial charge is 0.228 e. The van der Waals surface area contributed by atoms with Crippen molar-refractivity contribution >= 4 is 116 Å². The van der Waals surface area contributed by atoms with E-state index in [1.807, 2.05) is 22.7 Å². The van der Waals surface area contributed by atoms with Crippen molar-refractivity contribution in [1.29, 1.82) is 0 Å². The van der Waals surface area contributed by atoms with Crippen LogP contribution in [0.15, 0.2) is 121 Å². The van der Waals surface area contributed by atoms with E-state index in [0.717, 1.165) is 39.5 Å². The molecule has 0 bridgehead atoms. The molecule has 3 heterocycles. The molecule has 222 valence electrons. The molecule has 9 aromatic rings. The molecule has 6 aromatic carbocycles. The lowest BCUT2D eigenvalue weighted by atomic mass is 9.66. The Morgan fingerprint density at radius 3 is 1.88 bits per heavy atom. The maximum atomic E-state index is 5.36. The molecule has 0 N–H and O–H groups in total. The molecule has 0 saturated heterocycles. The van der Waals surface area contributed by atoms with Crippen molar-refractivity contribution in [3.8, 4) is 45.0 Å². The van der Waals surface area contributed by atoms with Crippen LogP contribution in [0.5, 0.6) is 0 Å². The molecule has 0 amide bonds. The lowest BCUT2D eigenvalue weighted by Gasteiger charge is -2.14. The Morgan fingerprint density at radius 2 is 1.04 bits per heavy atom. The monoisotopic (exact) mass is 644 g/mol. The molecule has 0 spiro atoms. The van der Waals surface area contributed by atoms with E-state index in [0.29, 0.717) is 0 Å². The zero-order valence-corrected chi connectivity index (χ0v) is 28.9. The Labute approximate surface area is 291 Å². The fourth-order valence-corrected chi connectivity index (χ4v) is 9.69. The van der Waals surface area contributed by atoms with Crippen LogP contribution in [0.4, 0.5) is 0 Å². The topological polar surface area (TPSA) is 25.8 Å². The van der Waals surface area contributed by atoms with E-state index in [-0.39, 0.29) is 0 Å². The quantitative estimate of drug-likeness (QED) is 0.255. The average Bonchev–Trinajstić information content (AvgIpc) is 3.72. The van der Waals surface area contributed by atoms with E-state index >= 15 is 0 Å². The Kier molecular flexibility index (Phi) is 6.93. The number of thiophene rings is 2. The van der Waals surface area contributed by atoms with Crippen molar-refractivity contribution in [1.82, 2.24) is 9.97 Å². The van der Waals surface area contributed by atoms with Crippen molar-refractivity contribution in [2.45, 2.75) is 0 Å². The van der Waals surface area contributed by atoms with Crippen LogP contribution in [0, 0.1) is 0 Å². The number of fused-ring (bicyclic) bond motifs is 6. The number of rotatable bonds is 4. The van der Waals surface area contributed by atoms with Gasteiger partial charge in [0.2, 0.25) is 0 Å². The standard InChI is InChI=1S/C40H28B4N2S2/c41-34-33-28-19-22(17-18-32(28)48-39(33)37(44)36(43)35(34)42)40-45-29(24-12-5-4-11-23(24)21-9-2-1-3-10-21)20-30(46-40)27-15-8-14-26-25-13-6-7-16-31(25)47-38(26)27/h1-20H,41-44H2. The summed E-state index contributed by atoms with van der Waals surface area (Å²) in [4.78, 5) is 10.7. The van der Waals surface area contributed by atoms with Crippen molar-refractivity contribution < 1.29 is 0 Å². The van der Waals surface area contributed by atoms with Gasteiger partial charge in [0.25, 0.3) is 0 Å². The van der Waals surface area contributed by atoms with Crippen molar-refractivity contribution in [3.05, 3.63) is 121 Å². The van der Waals surface area contributed by atoms with Gasteiger partial charge in [-0.2, -0.15) is 0 Å². The van der Waals surface area contributed by atoms with Crippen LogP contribution >= 0.6 is 22.7 Å². The molecule has 0 saturated carbocycles. The number of nitrogens with zero attached hydrogens (tertiary/aromatic N) is 2. The van der Waals surface area contributed by atoms with Gasteiger partial charge in [-0.3, -0.25) is 0 Å². The first-order valence-corrected chi connectivity index (χ1v) is 18.0. The number of benzene rings is 6. The molecule has 0 aliphatic carbocycles. The predicted molar refractivity (Wildman–Crippen MR) is 222 cm³/mol. The average molecular weight is 644 g/mol. The lowest BCUT2D eigenvalue weighted by molar-refractivity contribution is 1.19. The van der Waals surface area contributed by atoms with E-state index < -0.39 is 0 Å². The number of hydrogen-bond acceptors (Lipinski definition) is 4. The molecule has 0 atom stereocenters. The SMILES string of the molecule is Bc1c(B)c(B)c2c(sc3ccc(-c4nc(-c5ccccc5-c5ccccc5)cc(-c5cccc6c5sc5ccccc56)n4)cc32)c1B. The maximum Gasteiger partial charge on any atom is 0.160 e. The first kappa shape index (κ1) is 29.3. The fraction of sp³-hybridized carbons (Fsp3) is 0. The highest BCUT2D eigenvalue weighted by atomic mass is 32.1. The third-order valence-electron chi connectivity index (χ3n) is 10.0. The molecular formula is C40H28B4N2S2. The molecular weight excluding hydrogens is 616 g/mol. The predicted octanol–water partition coefficient (Wildman–Crippen LogP) is 4.91. The highest BCUT2D eigenvalue weighted by molar-refractivity contribution is 7.27. The Balaban J connectivity index is 1.32. The summed E-state index contributed by atoms with van der Waals surface area (Å²) >= 11 is 3.73. The normalized spacial score (nSPS) is 11.7. The van der Waals surface area contributed by atoms with Crippen molar-refractivity contribution in [2.24, 2.45) is 0 Å². The van der Waals surface area contributed by atoms with E-state index in [1.165, 1.54) is 67.8 Å². The summed E-state index contributed by atoms with van der Waals surface area (Å²) in [6, 6.07) is 43.4. The summed E-state index contributed by atoms with van der Waals surface area (Å²) in [6.07, 6.45) is 0. The first-order chi connectivity index (χ1) is 23.5. The van der Waals surface area contributed by atoms with Crippen molar-refractivity contribution in [3.63, 3.8) is 0 Å². The molecule has 0 radical (unpaired) electrons. The molecule has 0 unspecified atom stereocenters. The van der Waals surface area contributed by atoms with Crippen LogP contribution < -0.4 is 21.9 Å². The molecule has 2 nitrogen and oxygen atoms in total. The second-order valence-electron chi connectivity index (χ2n) is 12.7. The van der Waals surface area contributed by atoms with Gasteiger partial charge in [-0.25, -0.2) is 9.97 Å². The smallest absolute Gasteiger partial charge is 0.160 e. The Morgan fingerprint density at radius 1 is 0.417 bits per heavy atom. The van der Waals surface area contributed by atoms with Gasteiger partial charge in [0, 0.05) is 51.6 Å². The van der Waals surface area contributed by atoms with E-state index in [2.05, 4.69) is 153 Å². The number of hydrogen-bond donors (Lipinski definition) is 0. The van der Waals surface area contributed by atoms with E-state index in [4.69, 9.17) is 9.97 Å². The second kappa shape index (κ2) is 11.4. The van der Waals surface area contributed by atoms with Gasteiger partial charge in [-0.05, 0) is 46.8 Å². The highest BCUT2D eigenvalue weighted by Crippen LogP contribution is 2.42. The second-order valence-corrected chi connectivity index (χ2v) is 14.8. The molecule has 0 fully saturated rings. The third kappa shape index (κ3) is 4.58. The van der Waals surface area contributed by atoms with Crippen LogP contribution in [0.25, 0.3) is 85.4 Å². The molecule has 3 aromatic heterocycles. The van der Waals surface area contributed by atoms with Gasteiger partial charge in [-0.15, -0.1) is 33.6 Å². The van der Waals surface area contributed by atoms with Gasteiger partial charge in [0.1, 0.15) is 31.4 Å². The zero-order valence-electron chi connectivity index (χ0n) is 27.3. The summed E-state index contributed by atoms with van der Waals surface area (Å²) in [5.41, 5.74) is 12.9. The Hall–Kier alpha value is -4.90. The summed E-state index contributed by atoms with van der Waals surface area (Å²) in [5.74, 6) is 0.739. The minimum Gasteiger partial charge on any atom is -0.228 e. The van der Waals surface area contributed by atoms with Crippen LogP contribution in [0.2, 0.25) is 0 Å². The summed E-state index contributed by atoms with van der Waals surface area (Å²) in [5, 5.41) is 5.19. The Bertz CT molecular complexity index is 2730. The minimum absolute atomic E-state index is 0.739. The minimum atomic E-state index is 0.739. The number of aromatic nitrogens is 2. The lowest BCUT2D eigenvalue weighted by Crippen LogP contribution is -2.47. The van der Waals surface area contributed by atoms with Crippen LogP contribution in [-0.2, 0) is 0 Å². The first-order valence-electron chi connectivity index (χ1n) is 16.3. The molecule has 48 heavy (non-hydrogen) atoms. The summed E-state index contributed by atoms with van der Waals surface area (Å²) in [7, 11) is 9.03. The van der Waals surface area contributed by atoms with E-state index in [1.54, 1.807) is 0 Å². The van der Waals surface area contributed by atoms with Gasteiger partial charge < -0.3 is 0 Å². The van der Waals surface area contributed by atoms with Crippen molar-refractivity contribution in [2.75, 3.05) is 0 Å².